The molecule has 0 heterocycles. The van der Waals surface area contributed by atoms with Crippen molar-refractivity contribution in [3.63, 3.8) is 0 Å². The minimum absolute atomic E-state index is 0.170. The Morgan fingerprint density at radius 3 is 1.50 bits per heavy atom. The SMILES string of the molecule is O/N=C\C=N/O.O=C1CCCCC1=O. The molecule has 0 bridgehead atoms. The fourth-order valence-corrected chi connectivity index (χ4v) is 0.910. The lowest BCUT2D eigenvalue weighted by atomic mass is 9.98. The molecule has 1 rings (SSSR count). The second kappa shape index (κ2) is 7.90. The first-order chi connectivity index (χ1) is 6.72. The van der Waals surface area contributed by atoms with Crippen LogP contribution in [0.3, 0.4) is 0 Å². The van der Waals surface area contributed by atoms with Crippen molar-refractivity contribution in [3.8, 4) is 0 Å². The minimum Gasteiger partial charge on any atom is -0.411 e. The Balaban J connectivity index is 0.000000255. The number of Topliss-reactive ketones (excluding diaryl/α,β-unsaturated/α-hetero) is 2. The van der Waals surface area contributed by atoms with Crippen molar-refractivity contribution in [2.45, 2.75) is 25.7 Å². The topological polar surface area (TPSA) is 99.3 Å². The van der Waals surface area contributed by atoms with Gasteiger partial charge in [0, 0.05) is 12.8 Å². The normalized spacial score (nSPS) is 17.1. The zero-order valence-electron chi connectivity index (χ0n) is 7.59. The molecular weight excluding hydrogens is 188 g/mol. The van der Waals surface area contributed by atoms with Gasteiger partial charge in [0.2, 0.25) is 0 Å². The Bertz CT molecular complexity index is 222. The van der Waals surface area contributed by atoms with Crippen molar-refractivity contribution < 1.29 is 20.0 Å². The van der Waals surface area contributed by atoms with Gasteiger partial charge < -0.3 is 10.4 Å². The highest BCUT2D eigenvalue weighted by Crippen LogP contribution is 2.09. The summed E-state index contributed by atoms with van der Waals surface area (Å²) in [5.74, 6) is -0.340. The Kier molecular flexibility index (Phi) is 6.93. The molecule has 0 aromatic carbocycles. The molecule has 0 spiro atoms. The lowest BCUT2D eigenvalue weighted by molar-refractivity contribution is -0.137. The van der Waals surface area contributed by atoms with Crippen molar-refractivity contribution in [1.29, 1.82) is 0 Å². The van der Waals surface area contributed by atoms with Gasteiger partial charge in [-0.3, -0.25) is 9.59 Å². The fourth-order valence-electron chi connectivity index (χ4n) is 0.910. The van der Waals surface area contributed by atoms with Gasteiger partial charge in [0.15, 0.2) is 11.6 Å². The number of carbonyl (C=O) groups is 2. The number of rotatable bonds is 1. The van der Waals surface area contributed by atoms with Crippen molar-refractivity contribution >= 4 is 24.0 Å². The van der Waals surface area contributed by atoms with E-state index in [1.807, 2.05) is 0 Å². The van der Waals surface area contributed by atoms with Crippen LogP contribution in [-0.4, -0.2) is 34.4 Å². The minimum atomic E-state index is -0.170. The van der Waals surface area contributed by atoms with E-state index in [4.69, 9.17) is 10.4 Å². The lowest BCUT2D eigenvalue weighted by Crippen LogP contribution is -2.17. The molecule has 1 fully saturated rings. The van der Waals surface area contributed by atoms with Gasteiger partial charge in [-0.05, 0) is 12.8 Å². The van der Waals surface area contributed by atoms with Crippen molar-refractivity contribution in [2.75, 3.05) is 0 Å². The van der Waals surface area contributed by atoms with Gasteiger partial charge in [0.05, 0.1) is 12.4 Å². The molecule has 0 aromatic heterocycles. The molecule has 1 aliphatic rings. The molecule has 0 radical (unpaired) electrons. The van der Waals surface area contributed by atoms with Crippen LogP contribution in [0.2, 0.25) is 0 Å². The van der Waals surface area contributed by atoms with Crippen LogP contribution in [0.4, 0.5) is 0 Å². The van der Waals surface area contributed by atoms with Gasteiger partial charge in [-0.25, -0.2) is 0 Å². The molecule has 6 nitrogen and oxygen atoms in total. The zero-order chi connectivity index (χ0) is 10.8. The quantitative estimate of drug-likeness (QED) is 0.280. The third-order valence-corrected chi connectivity index (χ3v) is 1.57. The van der Waals surface area contributed by atoms with Crippen LogP contribution in [0, 0.1) is 0 Å². The highest BCUT2D eigenvalue weighted by atomic mass is 16.4. The van der Waals surface area contributed by atoms with E-state index in [1.165, 1.54) is 0 Å². The Morgan fingerprint density at radius 1 is 0.929 bits per heavy atom. The van der Waals surface area contributed by atoms with Gasteiger partial charge in [-0.2, -0.15) is 0 Å². The standard InChI is InChI=1S/C6H8O2.C2H4N2O2/c7-5-3-1-2-4-6(5)8;5-3-1-2-4-6/h1-4H2;1-2,5-6H/b;3-1-,4-2-. The average molecular weight is 200 g/mol. The predicted molar refractivity (Wildman–Crippen MR) is 49.0 cm³/mol. The highest BCUT2D eigenvalue weighted by Gasteiger charge is 2.16. The van der Waals surface area contributed by atoms with Gasteiger partial charge in [-0.15, -0.1) is 0 Å². The molecule has 1 aliphatic carbocycles. The summed E-state index contributed by atoms with van der Waals surface area (Å²) in [4.78, 5) is 20.9. The predicted octanol–water partition coefficient (Wildman–Crippen LogP) is 0.605. The number of carbonyl (C=O) groups excluding carboxylic acids is 2. The molecule has 78 valence electrons. The summed E-state index contributed by atoms with van der Waals surface area (Å²) >= 11 is 0. The molecule has 0 unspecified atom stereocenters. The van der Waals surface area contributed by atoms with E-state index in [1.54, 1.807) is 0 Å². The van der Waals surface area contributed by atoms with E-state index in [-0.39, 0.29) is 11.6 Å². The maximum absolute atomic E-state index is 10.4. The van der Waals surface area contributed by atoms with Gasteiger partial charge in [0.25, 0.3) is 0 Å². The largest absolute Gasteiger partial charge is 0.411 e. The molecule has 6 heteroatoms. The first-order valence-electron chi connectivity index (χ1n) is 4.12. The first kappa shape index (κ1) is 12.3. The maximum Gasteiger partial charge on any atom is 0.198 e. The summed E-state index contributed by atoms with van der Waals surface area (Å²) in [6.07, 6.45) is 4.67. The van der Waals surface area contributed by atoms with Crippen LogP contribution >= 0.6 is 0 Å². The smallest absolute Gasteiger partial charge is 0.198 e. The molecule has 2 N–H and O–H groups in total. The molecular formula is C8H12N2O4. The van der Waals surface area contributed by atoms with Crippen LogP contribution in [0.1, 0.15) is 25.7 Å². The summed E-state index contributed by atoms with van der Waals surface area (Å²) in [6.45, 7) is 0. The van der Waals surface area contributed by atoms with E-state index >= 15 is 0 Å². The number of oxime groups is 2. The number of hydrogen-bond acceptors (Lipinski definition) is 6. The third kappa shape index (κ3) is 5.87. The fraction of sp³-hybridized carbons (Fsp3) is 0.500. The summed E-state index contributed by atoms with van der Waals surface area (Å²) < 4.78 is 0. The molecule has 0 aromatic rings. The lowest BCUT2D eigenvalue weighted by Gasteiger charge is -2.04. The van der Waals surface area contributed by atoms with Crippen LogP contribution in [0.25, 0.3) is 0 Å². The third-order valence-electron chi connectivity index (χ3n) is 1.57. The number of hydrogen-bond donors (Lipinski definition) is 2. The number of nitrogens with zero attached hydrogens (tertiary/aromatic N) is 2. The summed E-state index contributed by atoms with van der Waals surface area (Å²) in [6, 6.07) is 0. The number of ketones is 2. The monoisotopic (exact) mass is 200 g/mol. The maximum atomic E-state index is 10.4. The Labute approximate surface area is 80.9 Å². The van der Waals surface area contributed by atoms with Gasteiger partial charge >= 0.3 is 0 Å². The second-order valence-corrected chi connectivity index (χ2v) is 2.58. The first-order valence-corrected chi connectivity index (χ1v) is 4.12. The Morgan fingerprint density at radius 2 is 1.29 bits per heavy atom. The Hall–Kier alpha value is -1.72. The van der Waals surface area contributed by atoms with Crippen LogP contribution < -0.4 is 0 Å². The average Bonchev–Trinajstić information content (AvgIpc) is 2.20. The summed E-state index contributed by atoms with van der Waals surface area (Å²) in [5.41, 5.74) is 0. The van der Waals surface area contributed by atoms with Crippen LogP contribution in [0.5, 0.6) is 0 Å². The van der Waals surface area contributed by atoms with Crippen molar-refractivity contribution in [3.05, 3.63) is 0 Å². The van der Waals surface area contributed by atoms with Gasteiger partial charge in [0.1, 0.15) is 0 Å². The van der Waals surface area contributed by atoms with Crippen molar-refractivity contribution in [1.82, 2.24) is 0 Å². The molecule has 0 aliphatic heterocycles. The van der Waals surface area contributed by atoms with Crippen molar-refractivity contribution in [2.24, 2.45) is 10.3 Å². The van der Waals surface area contributed by atoms with Gasteiger partial charge in [-0.1, -0.05) is 10.3 Å². The molecule has 1 saturated carbocycles. The summed E-state index contributed by atoms with van der Waals surface area (Å²) in [5, 5.41) is 20.1. The molecule has 0 saturated heterocycles. The van der Waals surface area contributed by atoms with E-state index < -0.39 is 0 Å². The highest BCUT2D eigenvalue weighted by molar-refractivity contribution is 6.37. The van der Waals surface area contributed by atoms with E-state index in [9.17, 15) is 9.59 Å². The molecule has 0 amide bonds. The van der Waals surface area contributed by atoms with E-state index in [2.05, 4.69) is 10.3 Å². The van der Waals surface area contributed by atoms with Crippen LogP contribution in [-0.2, 0) is 9.59 Å². The van der Waals surface area contributed by atoms with E-state index in [0.717, 1.165) is 25.3 Å². The van der Waals surface area contributed by atoms with Crippen LogP contribution in [0.15, 0.2) is 10.3 Å². The molecule has 0 atom stereocenters. The van der Waals surface area contributed by atoms with E-state index in [0.29, 0.717) is 12.8 Å². The zero-order valence-corrected chi connectivity index (χ0v) is 7.59. The second-order valence-electron chi connectivity index (χ2n) is 2.58. The summed E-state index contributed by atoms with van der Waals surface area (Å²) in [7, 11) is 0. The molecule has 14 heavy (non-hydrogen) atoms.